The number of rotatable bonds is 5. The summed E-state index contributed by atoms with van der Waals surface area (Å²) in [5.41, 5.74) is 2.11. The van der Waals surface area contributed by atoms with Crippen molar-refractivity contribution in [3.8, 4) is 11.5 Å². The van der Waals surface area contributed by atoms with Crippen LogP contribution in [0, 0.1) is 0 Å². The zero-order chi connectivity index (χ0) is 21.8. The molecule has 1 N–H and O–H groups in total. The first-order chi connectivity index (χ1) is 15.7. The van der Waals surface area contributed by atoms with Gasteiger partial charge in [0.25, 0.3) is 5.79 Å². The first-order valence-electron chi connectivity index (χ1n) is 12.0. The Hall–Kier alpha value is -2.57. The van der Waals surface area contributed by atoms with E-state index in [9.17, 15) is 4.79 Å². The summed E-state index contributed by atoms with van der Waals surface area (Å²) in [6.45, 7) is 5.29. The maximum absolute atomic E-state index is 12.7. The number of amides is 1. The second-order valence-corrected chi connectivity index (χ2v) is 9.28. The van der Waals surface area contributed by atoms with Crippen LogP contribution in [0.2, 0.25) is 0 Å². The van der Waals surface area contributed by atoms with Crippen LogP contribution in [0.1, 0.15) is 44.1 Å². The molecule has 1 amide bonds. The van der Waals surface area contributed by atoms with E-state index < -0.39 is 5.79 Å². The zero-order valence-corrected chi connectivity index (χ0v) is 18.7. The minimum absolute atomic E-state index is 0.0211. The molecule has 6 heteroatoms. The third-order valence-corrected chi connectivity index (χ3v) is 6.73. The summed E-state index contributed by atoms with van der Waals surface area (Å²) in [6.07, 6.45) is 6.45. The summed E-state index contributed by atoms with van der Waals surface area (Å²) in [5, 5.41) is 3.05. The monoisotopic (exact) mass is 435 g/mol. The lowest BCUT2D eigenvalue weighted by atomic mass is 9.94. The van der Waals surface area contributed by atoms with Gasteiger partial charge in [0.15, 0.2) is 11.5 Å². The van der Waals surface area contributed by atoms with Gasteiger partial charge in [-0.05, 0) is 50.0 Å². The fourth-order valence-corrected chi connectivity index (χ4v) is 5.05. The Morgan fingerprint density at radius 3 is 2.44 bits per heavy atom. The molecule has 2 heterocycles. The van der Waals surface area contributed by atoms with E-state index in [0.29, 0.717) is 6.54 Å². The maximum Gasteiger partial charge on any atom is 0.251 e. The molecule has 3 aliphatic rings. The summed E-state index contributed by atoms with van der Waals surface area (Å²) in [5.74, 6) is 1.07. The Kier molecular flexibility index (Phi) is 6.32. The fraction of sp³-hybridized carbons (Fsp3) is 0.500. The molecule has 0 aromatic heterocycles. The van der Waals surface area contributed by atoms with Crippen LogP contribution in [0.25, 0.3) is 0 Å². The number of benzene rings is 2. The van der Waals surface area contributed by atoms with E-state index in [1.807, 2.05) is 18.2 Å². The molecule has 0 bridgehead atoms. The predicted molar refractivity (Wildman–Crippen MR) is 125 cm³/mol. The van der Waals surface area contributed by atoms with Crippen LogP contribution in [-0.2, 0) is 11.3 Å². The van der Waals surface area contributed by atoms with E-state index in [4.69, 9.17) is 9.47 Å². The molecule has 2 aromatic rings. The Balaban J connectivity index is 1.12. The molecule has 170 valence electrons. The summed E-state index contributed by atoms with van der Waals surface area (Å²) < 4.78 is 12.3. The highest BCUT2D eigenvalue weighted by Crippen LogP contribution is 2.46. The molecule has 2 aliphatic heterocycles. The standard InChI is InChI=1S/C26H33N3O3/c30-25(20-29-15-7-14-28(16-17-29)19-21-8-3-1-4-9-21)27-22-10-11-23-24(18-22)32-26(31-23)12-5-2-6-13-26/h1,3-4,8-11,18H,2,5-7,12-17,19-20H2,(H,27,30). The van der Waals surface area contributed by atoms with Gasteiger partial charge in [0.05, 0.1) is 6.54 Å². The highest BCUT2D eigenvalue weighted by Gasteiger charge is 2.42. The van der Waals surface area contributed by atoms with Gasteiger partial charge >= 0.3 is 0 Å². The van der Waals surface area contributed by atoms with Crippen molar-refractivity contribution in [3.63, 3.8) is 0 Å². The number of hydrogen-bond donors (Lipinski definition) is 1. The Morgan fingerprint density at radius 2 is 1.59 bits per heavy atom. The smallest absolute Gasteiger partial charge is 0.251 e. The van der Waals surface area contributed by atoms with Crippen LogP contribution in [0.4, 0.5) is 5.69 Å². The van der Waals surface area contributed by atoms with E-state index in [1.165, 1.54) is 12.0 Å². The maximum atomic E-state index is 12.7. The number of ether oxygens (including phenoxy) is 2. The molecule has 2 fully saturated rings. The number of anilines is 1. The molecule has 1 saturated carbocycles. The number of hydrogen-bond acceptors (Lipinski definition) is 5. The number of nitrogens with one attached hydrogen (secondary N) is 1. The second kappa shape index (κ2) is 9.51. The highest BCUT2D eigenvalue weighted by atomic mass is 16.7. The molecule has 0 unspecified atom stereocenters. The van der Waals surface area contributed by atoms with Crippen molar-refractivity contribution in [3.05, 3.63) is 54.1 Å². The predicted octanol–water partition coefficient (Wildman–Crippen LogP) is 4.26. The fourth-order valence-electron chi connectivity index (χ4n) is 5.05. The number of carbonyl (C=O) groups is 1. The van der Waals surface area contributed by atoms with Crippen LogP contribution in [0.15, 0.2) is 48.5 Å². The Morgan fingerprint density at radius 1 is 0.844 bits per heavy atom. The highest BCUT2D eigenvalue weighted by molar-refractivity contribution is 5.92. The number of fused-ring (bicyclic) bond motifs is 1. The number of nitrogens with zero attached hydrogens (tertiary/aromatic N) is 2. The van der Waals surface area contributed by atoms with E-state index in [0.717, 1.165) is 82.0 Å². The van der Waals surface area contributed by atoms with Gasteiger partial charge in [0.1, 0.15) is 0 Å². The van der Waals surface area contributed by atoms with Crippen LogP contribution in [0.5, 0.6) is 11.5 Å². The van der Waals surface area contributed by atoms with Crippen LogP contribution in [0.3, 0.4) is 0 Å². The van der Waals surface area contributed by atoms with Crippen molar-refractivity contribution in [2.45, 2.75) is 50.9 Å². The van der Waals surface area contributed by atoms with E-state index in [2.05, 4.69) is 45.4 Å². The molecular formula is C26H33N3O3. The lowest BCUT2D eigenvalue weighted by molar-refractivity contribution is -0.117. The van der Waals surface area contributed by atoms with Gasteiger partial charge in [-0.25, -0.2) is 0 Å². The number of carbonyl (C=O) groups excluding carboxylic acids is 1. The van der Waals surface area contributed by atoms with Gasteiger partial charge in [-0.2, -0.15) is 0 Å². The van der Waals surface area contributed by atoms with Gasteiger partial charge in [0.2, 0.25) is 5.91 Å². The van der Waals surface area contributed by atoms with Crippen molar-refractivity contribution in [2.24, 2.45) is 0 Å². The first-order valence-corrected chi connectivity index (χ1v) is 12.0. The van der Waals surface area contributed by atoms with Gasteiger partial charge in [-0.1, -0.05) is 36.8 Å². The summed E-state index contributed by atoms with van der Waals surface area (Å²) in [4.78, 5) is 17.5. The lowest BCUT2D eigenvalue weighted by Gasteiger charge is -2.31. The largest absolute Gasteiger partial charge is 0.448 e. The third-order valence-electron chi connectivity index (χ3n) is 6.73. The molecule has 32 heavy (non-hydrogen) atoms. The SMILES string of the molecule is O=C(CN1CCCN(Cc2ccccc2)CC1)Nc1ccc2c(c1)OC1(CCCCC1)O2. The molecule has 0 radical (unpaired) electrons. The first kappa shape index (κ1) is 21.3. The summed E-state index contributed by atoms with van der Waals surface area (Å²) in [7, 11) is 0. The average molecular weight is 436 g/mol. The normalized spacial score (nSPS) is 20.8. The van der Waals surface area contributed by atoms with Gasteiger partial charge < -0.3 is 14.8 Å². The second-order valence-electron chi connectivity index (χ2n) is 9.28. The summed E-state index contributed by atoms with van der Waals surface area (Å²) >= 11 is 0. The minimum atomic E-state index is -0.485. The van der Waals surface area contributed by atoms with Crippen LogP contribution < -0.4 is 14.8 Å². The molecule has 0 atom stereocenters. The van der Waals surface area contributed by atoms with Crippen LogP contribution >= 0.6 is 0 Å². The minimum Gasteiger partial charge on any atom is -0.448 e. The topological polar surface area (TPSA) is 54.0 Å². The van der Waals surface area contributed by atoms with Gasteiger partial charge in [-0.3, -0.25) is 14.6 Å². The molecule has 5 rings (SSSR count). The average Bonchev–Trinajstić information content (AvgIpc) is 2.99. The van der Waals surface area contributed by atoms with Crippen molar-refractivity contribution in [2.75, 3.05) is 38.0 Å². The van der Waals surface area contributed by atoms with Gasteiger partial charge in [0, 0.05) is 44.2 Å². The van der Waals surface area contributed by atoms with Crippen molar-refractivity contribution in [1.29, 1.82) is 0 Å². The lowest BCUT2D eigenvalue weighted by Crippen LogP contribution is -2.40. The van der Waals surface area contributed by atoms with Gasteiger partial charge in [-0.15, -0.1) is 0 Å². The van der Waals surface area contributed by atoms with Crippen LogP contribution in [-0.4, -0.2) is 54.2 Å². The van der Waals surface area contributed by atoms with Crippen molar-refractivity contribution in [1.82, 2.24) is 9.80 Å². The van der Waals surface area contributed by atoms with Crippen molar-refractivity contribution >= 4 is 11.6 Å². The van der Waals surface area contributed by atoms with E-state index >= 15 is 0 Å². The summed E-state index contributed by atoms with van der Waals surface area (Å²) in [6, 6.07) is 16.3. The quantitative estimate of drug-likeness (QED) is 0.760. The molecule has 1 saturated heterocycles. The molecule has 1 aliphatic carbocycles. The Labute approximate surface area is 190 Å². The molecular weight excluding hydrogens is 402 g/mol. The molecule has 6 nitrogen and oxygen atoms in total. The zero-order valence-electron chi connectivity index (χ0n) is 18.7. The molecule has 2 aromatic carbocycles. The van der Waals surface area contributed by atoms with E-state index in [1.54, 1.807) is 0 Å². The Bertz CT molecular complexity index is 927. The molecule has 1 spiro atoms. The van der Waals surface area contributed by atoms with Crippen molar-refractivity contribution < 1.29 is 14.3 Å². The van der Waals surface area contributed by atoms with E-state index in [-0.39, 0.29) is 5.91 Å². The third kappa shape index (κ3) is 5.08.